The van der Waals surface area contributed by atoms with Crippen LogP contribution in [0.3, 0.4) is 0 Å². The molecule has 1 fully saturated rings. The Bertz CT molecular complexity index is 652. The van der Waals surface area contributed by atoms with Gasteiger partial charge in [-0.1, -0.05) is 17.7 Å². The van der Waals surface area contributed by atoms with Gasteiger partial charge >= 0.3 is 0 Å². The van der Waals surface area contributed by atoms with Gasteiger partial charge in [-0.3, -0.25) is 10.1 Å². The lowest BCUT2D eigenvalue weighted by Crippen LogP contribution is -2.15. The molecule has 6 nitrogen and oxygen atoms in total. The maximum atomic E-state index is 11.0. The molecule has 0 bridgehead atoms. The zero-order chi connectivity index (χ0) is 14.1. The van der Waals surface area contributed by atoms with Gasteiger partial charge in [0, 0.05) is 18.7 Å². The van der Waals surface area contributed by atoms with E-state index in [1.54, 1.807) is 6.07 Å². The summed E-state index contributed by atoms with van der Waals surface area (Å²) in [5.74, 6) is 0.176. The number of hydrogen-bond donors (Lipinski definition) is 1. The minimum Gasteiger partial charge on any atom is -0.444 e. The maximum absolute atomic E-state index is 11.0. The van der Waals surface area contributed by atoms with E-state index in [0.29, 0.717) is 18.3 Å². The number of aromatic nitrogens is 1. The Balaban J connectivity index is 1.90. The summed E-state index contributed by atoms with van der Waals surface area (Å²) in [6.45, 7) is 0.590. The summed E-state index contributed by atoms with van der Waals surface area (Å²) in [6, 6.07) is 5.05. The highest BCUT2D eigenvalue weighted by atomic mass is 35.5. The molecule has 0 unspecified atom stereocenters. The molecule has 0 aliphatic heterocycles. The summed E-state index contributed by atoms with van der Waals surface area (Å²) in [7, 11) is 0. The third-order valence-electron chi connectivity index (χ3n) is 3.10. The van der Waals surface area contributed by atoms with E-state index < -0.39 is 4.92 Å². The molecule has 3 rings (SSSR count). The van der Waals surface area contributed by atoms with Crippen molar-refractivity contribution in [1.82, 2.24) is 10.3 Å². The minimum atomic E-state index is -0.493. The van der Waals surface area contributed by atoms with Crippen molar-refractivity contribution in [2.45, 2.75) is 25.4 Å². The van der Waals surface area contributed by atoms with Crippen LogP contribution in [0.25, 0.3) is 11.5 Å². The van der Waals surface area contributed by atoms with Crippen LogP contribution >= 0.6 is 11.6 Å². The monoisotopic (exact) mass is 293 g/mol. The molecule has 0 atom stereocenters. The van der Waals surface area contributed by atoms with Crippen LogP contribution in [-0.2, 0) is 6.54 Å². The Morgan fingerprint density at radius 2 is 2.30 bits per heavy atom. The van der Waals surface area contributed by atoms with Gasteiger partial charge in [-0.2, -0.15) is 0 Å². The molecule has 0 radical (unpaired) electrons. The molecular formula is C13H12ClN3O3. The fourth-order valence-electron chi connectivity index (χ4n) is 1.92. The SMILES string of the molecule is O=[N+]([O-])c1cccc(Cl)c1-c1nc(CNC2CC2)co1. The lowest BCUT2D eigenvalue weighted by molar-refractivity contribution is -0.384. The van der Waals surface area contributed by atoms with Crippen LogP contribution in [0.4, 0.5) is 5.69 Å². The first-order valence-corrected chi connectivity index (χ1v) is 6.64. The Kier molecular flexibility index (Phi) is 3.42. The molecule has 1 aliphatic rings. The van der Waals surface area contributed by atoms with E-state index in [-0.39, 0.29) is 22.2 Å². The zero-order valence-corrected chi connectivity index (χ0v) is 11.3. The Hall–Kier alpha value is -1.92. The lowest BCUT2D eigenvalue weighted by atomic mass is 10.2. The summed E-state index contributed by atoms with van der Waals surface area (Å²) < 4.78 is 5.34. The molecule has 1 aliphatic carbocycles. The van der Waals surface area contributed by atoms with Crippen molar-refractivity contribution in [3.05, 3.63) is 45.3 Å². The van der Waals surface area contributed by atoms with Crippen molar-refractivity contribution in [3.8, 4) is 11.5 Å². The average Bonchev–Trinajstić information content (AvgIpc) is 3.14. The number of nitro benzene ring substituents is 1. The smallest absolute Gasteiger partial charge is 0.283 e. The van der Waals surface area contributed by atoms with Gasteiger partial charge in [0.25, 0.3) is 5.69 Å². The highest BCUT2D eigenvalue weighted by Gasteiger charge is 2.24. The molecule has 1 aromatic heterocycles. The first-order valence-electron chi connectivity index (χ1n) is 6.26. The van der Waals surface area contributed by atoms with E-state index in [1.165, 1.54) is 31.2 Å². The number of nitrogens with zero attached hydrogens (tertiary/aromatic N) is 2. The second-order valence-electron chi connectivity index (χ2n) is 4.69. The third-order valence-corrected chi connectivity index (χ3v) is 3.42. The molecule has 7 heteroatoms. The van der Waals surface area contributed by atoms with Crippen LogP contribution in [0.2, 0.25) is 5.02 Å². The van der Waals surface area contributed by atoms with Gasteiger partial charge in [0.1, 0.15) is 11.8 Å². The minimum absolute atomic E-state index is 0.110. The molecule has 0 amide bonds. The number of halogens is 1. The third kappa shape index (κ3) is 2.66. The normalized spacial score (nSPS) is 14.4. The summed E-state index contributed by atoms with van der Waals surface area (Å²) in [5.41, 5.74) is 0.819. The highest BCUT2D eigenvalue weighted by Crippen LogP contribution is 2.35. The lowest BCUT2D eigenvalue weighted by Gasteiger charge is -2.00. The summed E-state index contributed by atoms with van der Waals surface area (Å²) >= 11 is 6.03. The Labute approximate surface area is 119 Å². The molecule has 2 aromatic rings. The summed E-state index contributed by atoms with van der Waals surface area (Å²) in [5, 5.41) is 14.6. The van der Waals surface area contributed by atoms with Crippen molar-refractivity contribution < 1.29 is 9.34 Å². The topological polar surface area (TPSA) is 81.2 Å². The van der Waals surface area contributed by atoms with Gasteiger partial charge in [-0.15, -0.1) is 0 Å². The first-order chi connectivity index (χ1) is 9.65. The van der Waals surface area contributed by atoms with Gasteiger partial charge in [0.05, 0.1) is 15.6 Å². The zero-order valence-electron chi connectivity index (χ0n) is 10.5. The van der Waals surface area contributed by atoms with Crippen molar-refractivity contribution >= 4 is 17.3 Å². The van der Waals surface area contributed by atoms with Crippen LogP contribution in [0.1, 0.15) is 18.5 Å². The number of rotatable bonds is 5. The van der Waals surface area contributed by atoms with E-state index in [4.69, 9.17) is 16.0 Å². The van der Waals surface area contributed by atoms with Crippen LogP contribution < -0.4 is 5.32 Å². The Morgan fingerprint density at radius 3 is 3.00 bits per heavy atom. The van der Waals surface area contributed by atoms with Gasteiger partial charge in [0.2, 0.25) is 5.89 Å². The largest absolute Gasteiger partial charge is 0.444 e. The standard InChI is InChI=1S/C13H12ClN3O3/c14-10-2-1-3-11(17(18)19)12(10)13-16-9(7-20-13)6-15-8-4-5-8/h1-3,7-8,15H,4-6H2. The number of benzene rings is 1. The average molecular weight is 294 g/mol. The van der Waals surface area contributed by atoms with Gasteiger partial charge in [-0.05, 0) is 18.9 Å². The molecule has 104 valence electrons. The fourth-order valence-corrected chi connectivity index (χ4v) is 2.17. The van der Waals surface area contributed by atoms with Gasteiger partial charge < -0.3 is 9.73 Å². The summed E-state index contributed by atoms with van der Waals surface area (Å²) in [6.07, 6.45) is 3.86. The van der Waals surface area contributed by atoms with Crippen LogP contribution in [0, 0.1) is 10.1 Å². The van der Waals surface area contributed by atoms with E-state index >= 15 is 0 Å². The predicted molar refractivity (Wildman–Crippen MR) is 73.5 cm³/mol. The second kappa shape index (κ2) is 5.22. The molecule has 0 saturated heterocycles. The number of nitrogens with one attached hydrogen (secondary N) is 1. The first kappa shape index (κ1) is 13.1. The quantitative estimate of drug-likeness (QED) is 0.676. The Morgan fingerprint density at radius 1 is 1.50 bits per heavy atom. The maximum Gasteiger partial charge on any atom is 0.283 e. The van der Waals surface area contributed by atoms with Crippen molar-refractivity contribution in [2.24, 2.45) is 0 Å². The fraction of sp³-hybridized carbons (Fsp3) is 0.308. The molecular weight excluding hydrogens is 282 g/mol. The predicted octanol–water partition coefficient (Wildman–Crippen LogP) is 3.16. The van der Waals surface area contributed by atoms with Crippen LogP contribution in [-0.4, -0.2) is 15.9 Å². The second-order valence-corrected chi connectivity index (χ2v) is 5.10. The van der Waals surface area contributed by atoms with Crippen molar-refractivity contribution in [3.63, 3.8) is 0 Å². The molecule has 1 aromatic carbocycles. The van der Waals surface area contributed by atoms with Crippen molar-refractivity contribution in [2.75, 3.05) is 0 Å². The molecule has 0 spiro atoms. The van der Waals surface area contributed by atoms with Gasteiger partial charge in [0.15, 0.2) is 0 Å². The van der Waals surface area contributed by atoms with Gasteiger partial charge in [-0.25, -0.2) is 4.98 Å². The summed E-state index contributed by atoms with van der Waals surface area (Å²) in [4.78, 5) is 14.8. The molecule has 1 saturated carbocycles. The van der Waals surface area contributed by atoms with Crippen LogP contribution in [0.5, 0.6) is 0 Å². The van der Waals surface area contributed by atoms with E-state index in [9.17, 15) is 10.1 Å². The number of oxazole rings is 1. The van der Waals surface area contributed by atoms with E-state index in [2.05, 4.69) is 10.3 Å². The molecule has 1 heterocycles. The van der Waals surface area contributed by atoms with E-state index in [0.717, 1.165) is 0 Å². The van der Waals surface area contributed by atoms with Crippen molar-refractivity contribution in [1.29, 1.82) is 0 Å². The van der Waals surface area contributed by atoms with E-state index in [1.807, 2.05) is 0 Å². The molecule has 1 N–H and O–H groups in total. The van der Waals surface area contributed by atoms with Crippen LogP contribution in [0.15, 0.2) is 28.9 Å². The number of hydrogen-bond acceptors (Lipinski definition) is 5. The molecule has 20 heavy (non-hydrogen) atoms. The highest BCUT2D eigenvalue weighted by molar-refractivity contribution is 6.33. The number of nitro groups is 1.